The number of alkyl halides is 3. The molecule has 1 aliphatic heterocycles. The Bertz CT molecular complexity index is 571. The molecule has 114 valence electrons. The summed E-state index contributed by atoms with van der Waals surface area (Å²) in [5.74, 6) is 0.141. The van der Waals surface area contributed by atoms with Crippen LogP contribution in [-0.4, -0.2) is 24.2 Å². The Kier molecular flexibility index (Phi) is 4.63. The molecule has 0 saturated heterocycles. The van der Waals surface area contributed by atoms with E-state index in [0.29, 0.717) is 12.7 Å². The van der Waals surface area contributed by atoms with E-state index < -0.39 is 18.0 Å². The van der Waals surface area contributed by atoms with Crippen molar-refractivity contribution in [3.05, 3.63) is 46.3 Å². The maximum Gasteiger partial charge on any atom is 0.417 e. The highest BCUT2D eigenvalue weighted by Crippen LogP contribution is 2.39. The third kappa shape index (κ3) is 3.82. The molecule has 3 nitrogen and oxygen atoms in total. The Balaban J connectivity index is 2.23. The van der Waals surface area contributed by atoms with E-state index in [-0.39, 0.29) is 17.1 Å². The van der Waals surface area contributed by atoms with Gasteiger partial charge in [0.05, 0.1) is 17.8 Å². The van der Waals surface area contributed by atoms with Crippen molar-refractivity contribution < 1.29 is 27.8 Å². The van der Waals surface area contributed by atoms with Crippen LogP contribution in [0.2, 0.25) is 0 Å². The van der Waals surface area contributed by atoms with Crippen LogP contribution in [0.15, 0.2) is 46.3 Å². The van der Waals surface area contributed by atoms with Gasteiger partial charge in [-0.3, -0.25) is 0 Å². The number of rotatable bonds is 5. The second kappa shape index (κ2) is 6.27. The zero-order valence-electron chi connectivity index (χ0n) is 11.5. The van der Waals surface area contributed by atoms with Gasteiger partial charge in [-0.05, 0) is 18.2 Å². The SMILES string of the molecule is CCCCCOC1=C=C=C2C(=C1)OC(O)C=C2C(F)(F)F. The number of aliphatic hydroxyl groups excluding tert-OH is 1. The minimum atomic E-state index is -4.59. The van der Waals surface area contributed by atoms with Crippen LogP contribution in [0, 0.1) is 0 Å². The molecule has 1 unspecified atom stereocenters. The van der Waals surface area contributed by atoms with Crippen molar-refractivity contribution in [3.63, 3.8) is 0 Å². The number of fused-ring (bicyclic) bond motifs is 1. The average Bonchev–Trinajstić information content (AvgIpc) is 2.41. The van der Waals surface area contributed by atoms with Crippen molar-refractivity contribution >= 4 is 0 Å². The minimum Gasteiger partial charge on any atom is -0.485 e. The molecule has 2 rings (SSSR count). The van der Waals surface area contributed by atoms with Crippen molar-refractivity contribution in [1.82, 2.24) is 0 Å². The summed E-state index contributed by atoms with van der Waals surface area (Å²) in [5, 5.41) is 9.36. The number of unbranched alkanes of at least 4 members (excludes halogenated alkanes) is 2. The van der Waals surface area contributed by atoms with E-state index in [2.05, 4.69) is 18.4 Å². The summed E-state index contributed by atoms with van der Waals surface area (Å²) in [4.78, 5) is 0. The fourth-order valence-electron chi connectivity index (χ4n) is 1.94. The van der Waals surface area contributed by atoms with Gasteiger partial charge in [-0.1, -0.05) is 25.5 Å². The molecule has 1 N–H and O–H groups in total. The highest BCUT2D eigenvalue weighted by Gasteiger charge is 2.41. The van der Waals surface area contributed by atoms with Crippen molar-refractivity contribution in [1.29, 1.82) is 0 Å². The fraction of sp³-hybridized carbons (Fsp3) is 0.467. The molecule has 0 radical (unpaired) electrons. The number of aliphatic hydroxyl groups is 1. The van der Waals surface area contributed by atoms with Crippen LogP contribution in [0.3, 0.4) is 0 Å². The third-order valence-electron chi connectivity index (χ3n) is 2.96. The smallest absolute Gasteiger partial charge is 0.417 e. The summed E-state index contributed by atoms with van der Waals surface area (Å²) in [6.45, 7) is 2.50. The van der Waals surface area contributed by atoms with E-state index in [1.807, 2.05) is 0 Å². The second-order valence-corrected chi connectivity index (χ2v) is 4.64. The van der Waals surface area contributed by atoms with Crippen molar-refractivity contribution in [2.24, 2.45) is 0 Å². The molecule has 0 saturated carbocycles. The van der Waals surface area contributed by atoms with Crippen molar-refractivity contribution in [3.8, 4) is 0 Å². The fourth-order valence-corrected chi connectivity index (χ4v) is 1.94. The molecular weight excluding hydrogens is 285 g/mol. The third-order valence-corrected chi connectivity index (χ3v) is 2.96. The molecule has 1 atom stereocenters. The highest BCUT2D eigenvalue weighted by atomic mass is 19.4. The van der Waals surface area contributed by atoms with Gasteiger partial charge in [0.2, 0.25) is 6.29 Å². The van der Waals surface area contributed by atoms with Crippen LogP contribution < -0.4 is 0 Å². The second-order valence-electron chi connectivity index (χ2n) is 4.64. The molecule has 0 bridgehead atoms. The van der Waals surface area contributed by atoms with Gasteiger partial charge in [0, 0.05) is 6.08 Å². The Morgan fingerprint density at radius 3 is 2.76 bits per heavy atom. The predicted octanol–water partition coefficient (Wildman–Crippen LogP) is 3.49. The topological polar surface area (TPSA) is 38.7 Å². The number of halogens is 3. The zero-order chi connectivity index (χ0) is 15.5. The summed E-state index contributed by atoms with van der Waals surface area (Å²) < 4.78 is 49.0. The first-order valence-corrected chi connectivity index (χ1v) is 6.66. The lowest BCUT2D eigenvalue weighted by Gasteiger charge is -2.25. The molecule has 21 heavy (non-hydrogen) atoms. The van der Waals surface area contributed by atoms with E-state index >= 15 is 0 Å². The molecule has 0 spiro atoms. The van der Waals surface area contributed by atoms with Crippen molar-refractivity contribution in [2.75, 3.05) is 6.61 Å². The Morgan fingerprint density at radius 1 is 1.33 bits per heavy atom. The van der Waals surface area contributed by atoms with Crippen LogP contribution >= 0.6 is 0 Å². The zero-order valence-corrected chi connectivity index (χ0v) is 11.5. The summed E-state index contributed by atoms with van der Waals surface area (Å²) in [5.41, 5.74) is 3.69. The predicted molar refractivity (Wildman–Crippen MR) is 68.8 cm³/mol. The van der Waals surface area contributed by atoms with Crippen LogP contribution in [0.25, 0.3) is 0 Å². The minimum absolute atomic E-state index is 0.110. The van der Waals surface area contributed by atoms with Crippen LogP contribution in [0.5, 0.6) is 0 Å². The average molecular weight is 300 g/mol. The number of hydrogen-bond acceptors (Lipinski definition) is 3. The van der Waals surface area contributed by atoms with Gasteiger partial charge in [0.25, 0.3) is 0 Å². The lowest BCUT2D eigenvalue weighted by Crippen LogP contribution is -2.25. The molecule has 1 aliphatic carbocycles. The first kappa shape index (κ1) is 15.5. The van der Waals surface area contributed by atoms with Gasteiger partial charge in [-0.15, -0.1) is 0 Å². The molecule has 0 aromatic carbocycles. The largest absolute Gasteiger partial charge is 0.485 e. The monoisotopic (exact) mass is 300 g/mol. The van der Waals surface area contributed by atoms with Crippen LogP contribution in [-0.2, 0) is 9.47 Å². The maximum atomic E-state index is 12.9. The van der Waals surface area contributed by atoms with E-state index in [9.17, 15) is 18.3 Å². The Morgan fingerprint density at radius 2 is 2.10 bits per heavy atom. The standard InChI is InChI=1S/C15H15F3O3/c1-2-3-4-7-20-10-5-6-11-12(15(16,17)18)9-14(19)21-13(11)8-10/h8-9,14,19H,2-4,7H2,1H3. The molecule has 0 aromatic heterocycles. The maximum absolute atomic E-state index is 12.9. The van der Waals surface area contributed by atoms with Crippen molar-refractivity contribution in [2.45, 2.75) is 38.7 Å². The van der Waals surface area contributed by atoms with Crippen LogP contribution in [0.1, 0.15) is 26.2 Å². The van der Waals surface area contributed by atoms with Crippen LogP contribution in [0.4, 0.5) is 13.2 Å². The quantitative estimate of drug-likeness (QED) is 0.624. The summed E-state index contributed by atoms with van der Waals surface area (Å²) in [7, 11) is 0. The molecule has 6 heteroatoms. The lowest BCUT2D eigenvalue weighted by atomic mass is 9.99. The highest BCUT2D eigenvalue weighted by molar-refractivity contribution is 5.51. The molecule has 1 heterocycles. The number of ether oxygens (including phenoxy) is 2. The van der Waals surface area contributed by atoms with Gasteiger partial charge in [-0.2, -0.15) is 13.2 Å². The number of allylic oxidation sites excluding steroid dienone is 2. The Labute approximate surface area is 120 Å². The molecule has 0 fully saturated rings. The first-order chi connectivity index (χ1) is 9.91. The first-order valence-electron chi connectivity index (χ1n) is 6.66. The molecule has 0 amide bonds. The lowest BCUT2D eigenvalue weighted by molar-refractivity contribution is -0.0991. The van der Waals surface area contributed by atoms with E-state index in [1.165, 1.54) is 6.08 Å². The van der Waals surface area contributed by atoms with Gasteiger partial charge in [-0.25, -0.2) is 0 Å². The van der Waals surface area contributed by atoms with E-state index in [1.54, 1.807) is 0 Å². The van der Waals surface area contributed by atoms with Gasteiger partial charge in [0.15, 0.2) is 5.76 Å². The molecule has 2 aliphatic rings. The summed E-state index contributed by atoms with van der Waals surface area (Å²) >= 11 is 0. The van der Waals surface area contributed by atoms with E-state index in [4.69, 9.17) is 9.47 Å². The van der Waals surface area contributed by atoms with Gasteiger partial charge in [0.1, 0.15) is 5.76 Å². The van der Waals surface area contributed by atoms with Gasteiger partial charge < -0.3 is 14.6 Å². The van der Waals surface area contributed by atoms with Gasteiger partial charge >= 0.3 is 6.18 Å². The molecular formula is C15H15F3O3. The van der Waals surface area contributed by atoms with E-state index in [0.717, 1.165) is 19.3 Å². The summed E-state index contributed by atoms with van der Waals surface area (Å²) in [6.07, 6.45) is -1.44. The summed E-state index contributed by atoms with van der Waals surface area (Å²) in [6, 6.07) is 0. The normalized spacial score (nSPS) is 20.7. The Hall–Kier alpha value is -1.87. The molecule has 0 aromatic rings. The number of hydrogen-bond donors (Lipinski definition) is 1.